The Morgan fingerprint density at radius 1 is 1.48 bits per heavy atom. The number of aliphatic hydroxyl groups excluding tert-OH is 1. The van der Waals surface area contributed by atoms with Crippen molar-refractivity contribution in [2.75, 3.05) is 20.7 Å². The summed E-state index contributed by atoms with van der Waals surface area (Å²) in [5, 5.41) is 10.7. The smallest absolute Gasteiger partial charge is 0.250 e. The van der Waals surface area contributed by atoms with Crippen LogP contribution in [0.5, 0.6) is 0 Å². The Hall–Kier alpha value is -2.18. The van der Waals surface area contributed by atoms with E-state index in [9.17, 15) is 9.90 Å². The molecule has 1 aliphatic heterocycles. The number of aliphatic imine (C=N–C) groups is 1. The highest BCUT2D eigenvalue weighted by molar-refractivity contribution is 5.94. The molecule has 6 nitrogen and oxygen atoms in total. The third kappa shape index (κ3) is 4.67. The van der Waals surface area contributed by atoms with Gasteiger partial charge in [-0.1, -0.05) is 30.4 Å². The average molecular weight is 347 g/mol. The molecule has 1 atom stereocenters. The minimum atomic E-state index is -1.05. The molecule has 0 aliphatic carbocycles. The van der Waals surface area contributed by atoms with Crippen LogP contribution in [-0.4, -0.2) is 59.6 Å². The maximum atomic E-state index is 12.8. The lowest BCUT2D eigenvalue weighted by Crippen LogP contribution is -2.46. The molecule has 138 valence electrons. The highest BCUT2D eigenvalue weighted by Crippen LogP contribution is 2.32. The van der Waals surface area contributed by atoms with E-state index >= 15 is 0 Å². The molecule has 1 N–H and O–H groups in total. The van der Waals surface area contributed by atoms with E-state index in [4.69, 9.17) is 4.74 Å². The molecule has 0 spiro atoms. The van der Waals surface area contributed by atoms with Crippen LogP contribution in [0.4, 0.5) is 0 Å². The van der Waals surface area contributed by atoms with E-state index in [-0.39, 0.29) is 5.91 Å². The minimum absolute atomic E-state index is 0.163. The first kappa shape index (κ1) is 20.9. The molecule has 1 saturated heterocycles. The first-order valence-electron chi connectivity index (χ1n) is 8.14. The summed E-state index contributed by atoms with van der Waals surface area (Å²) in [4.78, 5) is 19.9. The van der Waals surface area contributed by atoms with E-state index in [0.29, 0.717) is 18.0 Å². The minimum Gasteiger partial charge on any atom is -0.497 e. The van der Waals surface area contributed by atoms with Gasteiger partial charge in [-0.3, -0.25) is 14.7 Å². The lowest BCUT2D eigenvalue weighted by molar-refractivity contribution is -0.132. The molecular weight excluding hydrogens is 318 g/mol. The number of carbonyl (C=O) groups is 1. The average Bonchev–Trinajstić information content (AvgIpc) is 2.73. The Morgan fingerprint density at radius 2 is 2.12 bits per heavy atom. The fourth-order valence-corrected chi connectivity index (χ4v) is 2.60. The van der Waals surface area contributed by atoms with Gasteiger partial charge in [0.1, 0.15) is 5.76 Å². The summed E-state index contributed by atoms with van der Waals surface area (Å²) >= 11 is 0. The van der Waals surface area contributed by atoms with E-state index in [0.717, 1.165) is 5.57 Å². The van der Waals surface area contributed by atoms with Gasteiger partial charge in [0.15, 0.2) is 6.35 Å². The predicted molar refractivity (Wildman–Crippen MR) is 101 cm³/mol. The fraction of sp³-hybridized carbons (Fsp3) is 0.474. The van der Waals surface area contributed by atoms with Crippen LogP contribution in [0.2, 0.25) is 0 Å². The maximum absolute atomic E-state index is 12.8. The molecule has 1 heterocycles. The van der Waals surface area contributed by atoms with Crippen molar-refractivity contribution in [1.29, 1.82) is 0 Å². The molecule has 1 amide bonds. The van der Waals surface area contributed by atoms with Gasteiger partial charge in [0.2, 0.25) is 5.91 Å². The summed E-state index contributed by atoms with van der Waals surface area (Å²) in [5.74, 6) is 0.396. The maximum Gasteiger partial charge on any atom is 0.250 e. The molecule has 1 fully saturated rings. The monoisotopic (exact) mass is 347 g/mol. The number of ether oxygens (including phenoxy) is 1. The molecule has 0 radical (unpaired) electrons. The van der Waals surface area contributed by atoms with E-state index in [1.807, 2.05) is 39.8 Å². The number of carbonyl (C=O) groups excluding carboxylic acids is 1. The van der Waals surface area contributed by atoms with Crippen LogP contribution in [0.3, 0.4) is 0 Å². The van der Waals surface area contributed by atoms with Gasteiger partial charge in [0, 0.05) is 19.8 Å². The number of hydrogen-bond acceptors (Lipinski definition) is 5. The number of hydrogen-bond donors (Lipinski definition) is 1. The number of amides is 1. The predicted octanol–water partition coefficient (Wildman–Crippen LogP) is 2.45. The molecule has 0 saturated carbocycles. The lowest BCUT2D eigenvalue weighted by atomic mass is 10.0. The van der Waals surface area contributed by atoms with Gasteiger partial charge in [0.25, 0.3) is 0 Å². The molecule has 0 aromatic heterocycles. The number of rotatable bonds is 7. The highest BCUT2D eigenvalue weighted by Gasteiger charge is 2.51. The molecular formula is C19H29N3O3. The Morgan fingerprint density at radius 3 is 2.64 bits per heavy atom. The van der Waals surface area contributed by atoms with E-state index in [1.54, 1.807) is 37.4 Å². The molecule has 1 unspecified atom stereocenters. The zero-order valence-electron chi connectivity index (χ0n) is 16.0. The van der Waals surface area contributed by atoms with Crippen LogP contribution in [0, 0.1) is 0 Å². The van der Waals surface area contributed by atoms with Crippen LogP contribution < -0.4 is 0 Å². The summed E-state index contributed by atoms with van der Waals surface area (Å²) in [6.07, 6.45) is 7.77. The quantitative estimate of drug-likeness (QED) is 0.436. The zero-order chi connectivity index (χ0) is 19.2. The van der Waals surface area contributed by atoms with Gasteiger partial charge < -0.3 is 9.84 Å². The Labute approximate surface area is 150 Å². The van der Waals surface area contributed by atoms with Gasteiger partial charge in [-0.25, -0.2) is 4.90 Å². The van der Waals surface area contributed by atoms with E-state index in [1.165, 1.54) is 4.90 Å². The van der Waals surface area contributed by atoms with Crippen LogP contribution in [-0.2, 0) is 9.53 Å². The highest BCUT2D eigenvalue weighted by atomic mass is 16.5. The van der Waals surface area contributed by atoms with E-state index < -0.39 is 11.9 Å². The standard InChI is InChI=1S/C19H29N3O3/c1-8-16(12-20-6)22-17(23)19(4,5)21(18(22)24)13-14(2)10-9-11-15(3)25-7/h8-12,18,24H,3,13H2,1-2,4-7H3. The summed E-state index contributed by atoms with van der Waals surface area (Å²) in [7, 11) is 3.19. The first-order valence-corrected chi connectivity index (χ1v) is 8.14. The Balaban J connectivity index is 3.03. The SMILES string of the molecule is C=C(C=CC=C(C)CN1C(O)N(C(C=NC)=CC)C(=O)C1(C)C)OC. The van der Waals surface area contributed by atoms with Crippen molar-refractivity contribution >= 4 is 12.1 Å². The van der Waals surface area contributed by atoms with Crippen molar-refractivity contribution in [2.45, 2.75) is 39.6 Å². The molecule has 0 aromatic carbocycles. The van der Waals surface area contributed by atoms with Gasteiger partial charge in [-0.2, -0.15) is 0 Å². The van der Waals surface area contributed by atoms with Gasteiger partial charge in [0.05, 0.1) is 18.3 Å². The van der Waals surface area contributed by atoms with Crippen LogP contribution >= 0.6 is 0 Å². The lowest BCUT2D eigenvalue weighted by Gasteiger charge is -2.30. The zero-order valence-corrected chi connectivity index (χ0v) is 16.0. The fourth-order valence-electron chi connectivity index (χ4n) is 2.60. The van der Waals surface area contributed by atoms with Crippen molar-refractivity contribution < 1.29 is 14.6 Å². The number of nitrogens with zero attached hydrogens (tertiary/aromatic N) is 3. The van der Waals surface area contributed by atoms with Crippen molar-refractivity contribution in [3.8, 4) is 0 Å². The van der Waals surface area contributed by atoms with Crippen molar-refractivity contribution in [2.24, 2.45) is 4.99 Å². The summed E-state index contributed by atoms with van der Waals surface area (Å²) < 4.78 is 4.97. The second-order valence-corrected chi connectivity index (χ2v) is 6.35. The van der Waals surface area contributed by atoms with Gasteiger partial charge in [-0.05, 0) is 33.8 Å². The molecule has 1 rings (SSSR count). The summed E-state index contributed by atoms with van der Waals surface area (Å²) in [6, 6.07) is 0. The third-order valence-corrected chi connectivity index (χ3v) is 4.15. The second-order valence-electron chi connectivity index (χ2n) is 6.35. The van der Waals surface area contributed by atoms with Crippen molar-refractivity contribution in [3.63, 3.8) is 0 Å². The van der Waals surface area contributed by atoms with Gasteiger partial charge >= 0.3 is 0 Å². The topological polar surface area (TPSA) is 65.4 Å². The molecule has 6 heteroatoms. The number of aliphatic hydroxyl groups is 1. The normalized spacial score (nSPS) is 22.4. The molecule has 0 bridgehead atoms. The molecule has 0 aromatic rings. The second kappa shape index (κ2) is 8.78. The van der Waals surface area contributed by atoms with Crippen LogP contribution in [0.25, 0.3) is 0 Å². The van der Waals surface area contributed by atoms with Crippen molar-refractivity contribution in [1.82, 2.24) is 9.80 Å². The molecule has 25 heavy (non-hydrogen) atoms. The first-order chi connectivity index (χ1) is 11.7. The summed E-state index contributed by atoms with van der Waals surface area (Å²) in [6.45, 7) is 11.5. The van der Waals surface area contributed by atoms with Crippen LogP contribution in [0.1, 0.15) is 27.7 Å². The Bertz CT molecular complexity index is 630. The van der Waals surface area contributed by atoms with Gasteiger partial charge in [-0.15, -0.1) is 0 Å². The van der Waals surface area contributed by atoms with E-state index in [2.05, 4.69) is 11.6 Å². The number of methoxy groups -OCH3 is 1. The largest absolute Gasteiger partial charge is 0.497 e. The third-order valence-electron chi connectivity index (χ3n) is 4.15. The van der Waals surface area contributed by atoms with Crippen LogP contribution in [0.15, 0.2) is 52.9 Å². The number of allylic oxidation sites excluding steroid dienone is 5. The Kier molecular flexibility index (Phi) is 7.33. The molecule has 1 aliphatic rings. The van der Waals surface area contributed by atoms with Crippen molar-refractivity contribution in [3.05, 3.63) is 47.9 Å². The summed E-state index contributed by atoms with van der Waals surface area (Å²) in [5.41, 5.74) is 0.742.